The van der Waals surface area contributed by atoms with E-state index in [1.54, 1.807) is 6.92 Å². The van der Waals surface area contributed by atoms with Crippen molar-refractivity contribution in [1.29, 1.82) is 0 Å². The van der Waals surface area contributed by atoms with Crippen LogP contribution in [0.2, 0.25) is 0 Å². The van der Waals surface area contributed by atoms with Gasteiger partial charge in [0.25, 0.3) is 0 Å². The lowest BCUT2D eigenvalue weighted by Gasteiger charge is -2.15. The monoisotopic (exact) mass is 302 g/mol. The molecule has 0 saturated carbocycles. The Balaban J connectivity index is 2.43. The number of fused-ring (bicyclic) bond motifs is 1. The second-order valence-corrected chi connectivity index (χ2v) is 6.68. The highest BCUT2D eigenvalue weighted by atomic mass is 32.2. The maximum absolute atomic E-state index is 13.6. The van der Waals surface area contributed by atoms with E-state index in [4.69, 9.17) is 10.5 Å². The van der Waals surface area contributed by atoms with Crippen molar-refractivity contribution >= 4 is 10.0 Å². The Hall–Kier alpha value is -1.18. The quantitative estimate of drug-likeness (QED) is 0.855. The summed E-state index contributed by atoms with van der Waals surface area (Å²) in [4.78, 5) is -0.149. The van der Waals surface area contributed by atoms with Crippen LogP contribution in [-0.4, -0.2) is 27.1 Å². The van der Waals surface area contributed by atoms with Crippen molar-refractivity contribution < 1.29 is 17.5 Å². The minimum Gasteiger partial charge on any atom is -0.487 e. The molecule has 0 fully saturated rings. The van der Waals surface area contributed by atoms with E-state index < -0.39 is 15.8 Å². The summed E-state index contributed by atoms with van der Waals surface area (Å²) in [6, 6.07) is 2.06. The first-order chi connectivity index (χ1) is 9.37. The Morgan fingerprint density at radius 2 is 2.25 bits per heavy atom. The molecule has 0 aromatic heterocycles. The summed E-state index contributed by atoms with van der Waals surface area (Å²) in [6.07, 6.45) is 0.766. The maximum Gasteiger partial charge on any atom is 0.244 e. The smallest absolute Gasteiger partial charge is 0.244 e. The molecule has 20 heavy (non-hydrogen) atoms. The zero-order valence-corrected chi connectivity index (χ0v) is 12.3. The van der Waals surface area contributed by atoms with Crippen LogP contribution in [0.15, 0.2) is 17.0 Å². The lowest BCUT2D eigenvalue weighted by molar-refractivity contribution is 0.236. The lowest BCUT2D eigenvalue weighted by Crippen LogP contribution is -2.32. The van der Waals surface area contributed by atoms with E-state index in [2.05, 4.69) is 4.72 Å². The second-order valence-electron chi connectivity index (χ2n) is 5.00. The zero-order chi connectivity index (χ0) is 14.9. The highest BCUT2D eigenvalue weighted by Gasteiger charge is 2.31. The van der Waals surface area contributed by atoms with E-state index in [9.17, 15) is 12.8 Å². The van der Waals surface area contributed by atoms with Gasteiger partial charge in [-0.3, -0.25) is 0 Å². The molecule has 5 nitrogen and oxygen atoms in total. The van der Waals surface area contributed by atoms with Crippen molar-refractivity contribution in [2.75, 3.05) is 6.54 Å². The normalized spacial score (nSPS) is 19.5. The molecule has 0 bridgehead atoms. The molecule has 0 saturated heterocycles. The predicted octanol–water partition coefficient (Wildman–Crippen LogP) is 1.16. The number of sulfonamides is 1. The summed E-state index contributed by atoms with van der Waals surface area (Å²) in [5.74, 6) is -0.368. The Morgan fingerprint density at radius 1 is 1.55 bits per heavy atom. The van der Waals surface area contributed by atoms with Crippen LogP contribution in [0.4, 0.5) is 4.39 Å². The van der Waals surface area contributed by atoms with E-state index in [-0.39, 0.29) is 29.3 Å². The van der Waals surface area contributed by atoms with Gasteiger partial charge in [-0.25, -0.2) is 17.5 Å². The number of halogens is 1. The molecule has 1 aromatic carbocycles. The van der Waals surface area contributed by atoms with E-state index >= 15 is 0 Å². The fourth-order valence-corrected chi connectivity index (χ4v) is 3.62. The second kappa shape index (κ2) is 5.67. The first-order valence-corrected chi connectivity index (χ1v) is 8.07. The van der Waals surface area contributed by atoms with Crippen molar-refractivity contribution in [2.45, 2.75) is 43.7 Å². The van der Waals surface area contributed by atoms with Crippen LogP contribution in [0, 0.1) is 5.82 Å². The number of rotatable bonds is 5. The summed E-state index contributed by atoms with van der Waals surface area (Å²) in [5.41, 5.74) is 6.08. The third-order valence-corrected chi connectivity index (χ3v) is 4.94. The fourth-order valence-electron chi connectivity index (χ4n) is 2.10. The van der Waals surface area contributed by atoms with Crippen molar-refractivity contribution in [3.05, 3.63) is 23.5 Å². The van der Waals surface area contributed by atoms with Crippen LogP contribution in [0.1, 0.15) is 25.8 Å². The number of nitrogens with two attached hydrogens (primary N) is 1. The molecule has 0 amide bonds. The first-order valence-electron chi connectivity index (χ1n) is 6.58. The van der Waals surface area contributed by atoms with Gasteiger partial charge >= 0.3 is 0 Å². The fraction of sp³-hybridized carbons (Fsp3) is 0.538. The molecule has 2 unspecified atom stereocenters. The molecule has 1 aliphatic heterocycles. The SMILES string of the molecule is CCC(C)NS(=O)(=O)c1cc(F)cc2c1OC(CN)C2. The summed E-state index contributed by atoms with van der Waals surface area (Å²) >= 11 is 0. The molecule has 2 atom stereocenters. The molecule has 0 spiro atoms. The number of hydrogen-bond donors (Lipinski definition) is 2. The van der Waals surface area contributed by atoms with Gasteiger partial charge in [-0.2, -0.15) is 0 Å². The van der Waals surface area contributed by atoms with Gasteiger partial charge < -0.3 is 10.5 Å². The van der Waals surface area contributed by atoms with E-state index in [1.165, 1.54) is 6.07 Å². The summed E-state index contributed by atoms with van der Waals surface area (Å²) in [5, 5.41) is 0. The molecule has 1 heterocycles. The average molecular weight is 302 g/mol. The average Bonchev–Trinajstić information content (AvgIpc) is 2.79. The molecule has 1 aromatic rings. The molecule has 0 aliphatic carbocycles. The molecular formula is C13H19FN2O3S. The van der Waals surface area contributed by atoms with Crippen molar-refractivity contribution in [1.82, 2.24) is 4.72 Å². The van der Waals surface area contributed by atoms with Crippen LogP contribution in [0.5, 0.6) is 5.75 Å². The minimum absolute atomic E-state index is 0.149. The molecule has 2 rings (SSSR count). The topological polar surface area (TPSA) is 81.4 Å². The first kappa shape index (κ1) is 15.2. The van der Waals surface area contributed by atoms with Crippen molar-refractivity contribution in [3.8, 4) is 5.75 Å². The zero-order valence-electron chi connectivity index (χ0n) is 11.5. The van der Waals surface area contributed by atoms with Gasteiger partial charge in [-0.1, -0.05) is 6.92 Å². The van der Waals surface area contributed by atoms with Crippen molar-refractivity contribution in [2.24, 2.45) is 5.73 Å². The summed E-state index contributed by atoms with van der Waals surface area (Å²) < 4.78 is 46.3. The van der Waals surface area contributed by atoms with E-state index in [0.29, 0.717) is 18.4 Å². The van der Waals surface area contributed by atoms with Gasteiger partial charge in [0.05, 0.1) is 0 Å². The van der Waals surface area contributed by atoms with Gasteiger partial charge in [0.15, 0.2) is 0 Å². The lowest BCUT2D eigenvalue weighted by atomic mass is 10.1. The van der Waals surface area contributed by atoms with Gasteiger partial charge in [0.1, 0.15) is 22.6 Å². The number of hydrogen-bond acceptors (Lipinski definition) is 4. The van der Waals surface area contributed by atoms with Crippen LogP contribution in [0.3, 0.4) is 0 Å². The predicted molar refractivity (Wildman–Crippen MR) is 73.6 cm³/mol. The summed E-state index contributed by atoms with van der Waals surface area (Å²) in [6.45, 7) is 3.87. The highest BCUT2D eigenvalue weighted by molar-refractivity contribution is 7.89. The van der Waals surface area contributed by atoms with Crippen LogP contribution >= 0.6 is 0 Å². The van der Waals surface area contributed by atoms with E-state index in [1.807, 2.05) is 6.92 Å². The standard InChI is InChI=1S/C13H19FN2O3S/c1-3-8(2)16-20(17,18)12-6-10(14)4-9-5-11(7-15)19-13(9)12/h4,6,8,11,16H,3,5,7,15H2,1-2H3. The molecule has 112 valence electrons. The number of nitrogens with one attached hydrogen (secondary N) is 1. The molecule has 0 radical (unpaired) electrons. The molecule has 7 heteroatoms. The molecule has 3 N–H and O–H groups in total. The van der Waals surface area contributed by atoms with Crippen LogP contribution in [-0.2, 0) is 16.4 Å². The van der Waals surface area contributed by atoms with Gasteiger partial charge in [0.2, 0.25) is 10.0 Å². The van der Waals surface area contributed by atoms with Crippen LogP contribution < -0.4 is 15.2 Å². The Bertz CT molecular complexity index is 604. The maximum atomic E-state index is 13.6. The molecule has 1 aliphatic rings. The van der Waals surface area contributed by atoms with E-state index in [0.717, 1.165) is 6.07 Å². The largest absolute Gasteiger partial charge is 0.487 e. The Labute approximate surface area is 118 Å². The van der Waals surface area contributed by atoms with Crippen LogP contribution in [0.25, 0.3) is 0 Å². The van der Waals surface area contributed by atoms with Gasteiger partial charge in [0, 0.05) is 24.6 Å². The number of benzene rings is 1. The Kier molecular flexibility index (Phi) is 4.31. The molecular weight excluding hydrogens is 283 g/mol. The summed E-state index contributed by atoms with van der Waals surface area (Å²) in [7, 11) is -3.81. The number of ether oxygens (including phenoxy) is 1. The van der Waals surface area contributed by atoms with Gasteiger partial charge in [-0.15, -0.1) is 0 Å². The van der Waals surface area contributed by atoms with Crippen molar-refractivity contribution in [3.63, 3.8) is 0 Å². The highest BCUT2D eigenvalue weighted by Crippen LogP contribution is 2.36. The third-order valence-electron chi connectivity index (χ3n) is 3.35. The van der Waals surface area contributed by atoms with Gasteiger partial charge in [-0.05, 0) is 25.5 Å². The minimum atomic E-state index is -3.81. The Morgan fingerprint density at radius 3 is 2.85 bits per heavy atom. The third kappa shape index (κ3) is 2.94.